The van der Waals surface area contributed by atoms with E-state index in [1.807, 2.05) is 0 Å². The Balaban J connectivity index is 2.03. The van der Waals surface area contributed by atoms with Gasteiger partial charge in [0, 0.05) is 26.2 Å². The molecule has 0 saturated carbocycles. The molecule has 3 heteroatoms. The van der Waals surface area contributed by atoms with Crippen molar-refractivity contribution in [1.82, 2.24) is 9.80 Å². The number of aryl methyl sites for hydroxylation is 1. The van der Waals surface area contributed by atoms with Crippen molar-refractivity contribution in [1.29, 1.82) is 0 Å². The number of benzene rings is 1. The van der Waals surface area contributed by atoms with Crippen molar-refractivity contribution < 1.29 is 5.11 Å². The molecule has 1 aromatic carbocycles. The van der Waals surface area contributed by atoms with Crippen molar-refractivity contribution >= 4 is 0 Å². The van der Waals surface area contributed by atoms with E-state index in [1.165, 1.54) is 11.1 Å². The first kappa shape index (κ1) is 14.5. The maximum Gasteiger partial charge on any atom is 0.0628 e. The van der Waals surface area contributed by atoms with Crippen molar-refractivity contribution in [2.45, 2.75) is 26.3 Å². The second-order valence-corrected chi connectivity index (χ2v) is 5.26. The van der Waals surface area contributed by atoms with E-state index in [1.54, 1.807) is 0 Å². The first-order valence-electron chi connectivity index (χ1n) is 7.44. The SMILES string of the molecule is CCc1ccc(C(CO)N2CCN(CC)CC2)cc1. The van der Waals surface area contributed by atoms with E-state index < -0.39 is 0 Å². The van der Waals surface area contributed by atoms with Crippen LogP contribution in [0.15, 0.2) is 24.3 Å². The van der Waals surface area contributed by atoms with Crippen LogP contribution in [-0.2, 0) is 6.42 Å². The minimum absolute atomic E-state index is 0.157. The molecule has 1 heterocycles. The topological polar surface area (TPSA) is 26.7 Å². The highest BCUT2D eigenvalue weighted by Gasteiger charge is 2.23. The summed E-state index contributed by atoms with van der Waals surface area (Å²) in [4.78, 5) is 4.87. The lowest BCUT2D eigenvalue weighted by Gasteiger charge is -2.38. The van der Waals surface area contributed by atoms with Gasteiger partial charge < -0.3 is 10.0 Å². The fourth-order valence-electron chi connectivity index (χ4n) is 2.80. The molecule has 1 aliphatic rings. The van der Waals surface area contributed by atoms with Gasteiger partial charge in [-0.2, -0.15) is 0 Å². The Hall–Kier alpha value is -0.900. The number of rotatable bonds is 5. The molecule has 3 nitrogen and oxygen atoms in total. The number of likely N-dealkylation sites (N-methyl/N-ethyl adjacent to an activating group) is 1. The van der Waals surface area contributed by atoms with Gasteiger partial charge in [0.25, 0.3) is 0 Å². The van der Waals surface area contributed by atoms with Gasteiger partial charge in [0.1, 0.15) is 0 Å². The molecule has 1 aliphatic heterocycles. The maximum absolute atomic E-state index is 9.73. The van der Waals surface area contributed by atoms with E-state index in [0.29, 0.717) is 0 Å². The lowest BCUT2D eigenvalue weighted by Crippen LogP contribution is -2.48. The lowest BCUT2D eigenvalue weighted by atomic mass is 10.0. The van der Waals surface area contributed by atoms with Gasteiger partial charge in [-0.15, -0.1) is 0 Å². The van der Waals surface area contributed by atoms with Gasteiger partial charge in [-0.3, -0.25) is 4.90 Å². The van der Waals surface area contributed by atoms with Gasteiger partial charge in [0.05, 0.1) is 12.6 Å². The van der Waals surface area contributed by atoms with Crippen LogP contribution in [-0.4, -0.2) is 54.2 Å². The van der Waals surface area contributed by atoms with Crippen LogP contribution in [0.5, 0.6) is 0 Å². The molecule has 1 atom stereocenters. The van der Waals surface area contributed by atoms with Crippen molar-refractivity contribution in [2.24, 2.45) is 0 Å². The van der Waals surface area contributed by atoms with Crippen LogP contribution in [0, 0.1) is 0 Å². The average molecular weight is 262 g/mol. The van der Waals surface area contributed by atoms with E-state index in [4.69, 9.17) is 0 Å². The van der Waals surface area contributed by atoms with Gasteiger partial charge in [0.2, 0.25) is 0 Å². The second-order valence-electron chi connectivity index (χ2n) is 5.26. The summed E-state index contributed by atoms with van der Waals surface area (Å²) in [5.41, 5.74) is 2.60. The van der Waals surface area contributed by atoms with Crippen LogP contribution in [0.25, 0.3) is 0 Å². The van der Waals surface area contributed by atoms with Crippen LogP contribution in [0.4, 0.5) is 0 Å². The molecule has 0 aromatic heterocycles. The van der Waals surface area contributed by atoms with E-state index >= 15 is 0 Å². The highest BCUT2D eigenvalue weighted by atomic mass is 16.3. The summed E-state index contributed by atoms with van der Waals surface area (Å²) in [6.07, 6.45) is 1.07. The third kappa shape index (κ3) is 3.56. The van der Waals surface area contributed by atoms with E-state index in [2.05, 4.69) is 47.9 Å². The molecule has 0 bridgehead atoms. The zero-order chi connectivity index (χ0) is 13.7. The molecule has 1 fully saturated rings. The Labute approximate surface area is 116 Å². The summed E-state index contributed by atoms with van der Waals surface area (Å²) in [6.45, 7) is 10.0. The molecule has 0 spiro atoms. The molecule has 1 aromatic rings. The standard InChI is InChI=1S/C16H26N2O/c1-3-14-5-7-15(8-6-14)16(13-19)18-11-9-17(4-2)10-12-18/h5-8,16,19H,3-4,9-13H2,1-2H3. The molecule has 1 saturated heterocycles. The van der Waals surface area contributed by atoms with Crippen molar-refractivity contribution in [2.75, 3.05) is 39.3 Å². The normalized spacial score (nSPS) is 19.5. The van der Waals surface area contributed by atoms with Gasteiger partial charge in [-0.25, -0.2) is 0 Å². The molecule has 0 radical (unpaired) electrons. The third-order valence-electron chi connectivity index (χ3n) is 4.24. The van der Waals surface area contributed by atoms with Crippen molar-refractivity contribution in [3.05, 3.63) is 35.4 Å². The first-order valence-corrected chi connectivity index (χ1v) is 7.44. The molecule has 19 heavy (non-hydrogen) atoms. The van der Waals surface area contributed by atoms with Gasteiger partial charge >= 0.3 is 0 Å². The van der Waals surface area contributed by atoms with Gasteiger partial charge in [0.15, 0.2) is 0 Å². The predicted molar refractivity (Wildman–Crippen MR) is 79.3 cm³/mol. The van der Waals surface area contributed by atoms with Crippen molar-refractivity contribution in [3.63, 3.8) is 0 Å². The first-order chi connectivity index (χ1) is 9.28. The molecule has 0 amide bonds. The predicted octanol–water partition coefficient (Wildman–Crippen LogP) is 1.92. The summed E-state index contributed by atoms with van der Waals surface area (Å²) in [7, 11) is 0. The summed E-state index contributed by atoms with van der Waals surface area (Å²) in [6, 6.07) is 8.86. The summed E-state index contributed by atoms with van der Waals surface area (Å²) in [5.74, 6) is 0. The zero-order valence-electron chi connectivity index (χ0n) is 12.2. The largest absolute Gasteiger partial charge is 0.394 e. The number of aliphatic hydroxyl groups is 1. The number of hydrogen-bond acceptors (Lipinski definition) is 3. The molecule has 1 N–H and O–H groups in total. The number of nitrogens with zero attached hydrogens (tertiary/aromatic N) is 2. The molecular formula is C16H26N2O. The quantitative estimate of drug-likeness (QED) is 0.878. The van der Waals surface area contributed by atoms with Crippen LogP contribution in [0.3, 0.4) is 0 Å². The van der Waals surface area contributed by atoms with Gasteiger partial charge in [-0.05, 0) is 24.1 Å². The average Bonchev–Trinajstić information content (AvgIpc) is 2.49. The smallest absolute Gasteiger partial charge is 0.0628 e. The van der Waals surface area contributed by atoms with E-state index in [0.717, 1.165) is 39.1 Å². The Morgan fingerprint density at radius 1 is 1.05 bits per heavy atom. The van der Waals surface area contributed by atoms with E-state index in [-0.39, 0.29) is 12.6 Å². The molecule has 106 valence electrons. The Morgan fingerprint density at radius 3 is 2.16 bits per heavy atom. The van der Waals surface area contributed by atoms with Crippen LogP contribution < -0.4 is 0 Å². The number of aliphatic hydroxyl groups excluding tert-OH is 1. The highest BCUT2D eigenvalue weighted by Crippen LogP contribution is 2.22. The fraction of sp³-hybridized carbons (Fsp3) is 0.625. The summed E-state index contributed by atoms with van der Waals surface area (Å²) >= 11 is 0. The lowest BCUT2D eigenvalue weighted by molar-refractivity contribution is 0.0672. The molecule has 0 aliphatic carbocycles. The molecule has 1 unspecified atom stereocenters. The third-order valence-corrected chi connectivity index (χ3v) is 4.24. The van der Waals surface area contributed by atoms with Crippen LogP contribution >= 0.6 is 0 Å². The van der Waals surface area contributed by atoms with Crippen LogP contribution in [0.1, 0.15) is 31.0 Å². The van der Waals surface area contributed by atoms with Crippen molar-refractivity contribution in [3.8, 4) is 0 Å². The Kier molecular flexibility index (Phi) is 5.37. The Bertz CT molecular complexity index is 369. The van der Waals surface area contributed by atoms with E-state index in [9.17, 15) is 5.11 Å². The number of piperazine rings is 1. The monoisotopic (exact) mass is 262 g/mol. The number of hydrogen-bond donors (Lipinski definition) is 1. The van der Waals surface area contributed by atoms with Crippen LogP contribution in [0.2, 0.25) is 0 Å². The summed E-state index contributed by atoms with van der Waals surface area (Å²) < 4.78 is 0. The Morgan fingerprint density at radius 2 is 1.68 bits per heavy atom. The maximum atomic E-state index is 9.73. The van der Waals surface area contributed by atoms with Gasteiger partial charge in [-0.1, -0.05) is 38.1 Å². The minimum Gasteiger partial charge on any atom is -0.394 e. The molecular weight excluding hydrogens is 236 g/mol. The fourth-order valence-corrected chi connectivity index (χ4v) is 2.80. The minimum atomic E-state index is 0.157. The second kappa shape index (κ2) is 7.04. The summed E-state index contributed by atoms with van der Waals surface area (Å²) in [5, 5.41) is 9.73. The molecule has 2 rings (SSSR count). The highest BCUT2D eigenvalue weighted by molar-refractivity contribution is 5.25. The zero-order valence-corrected chi connectivity index (χ0v) is 12.2.